The molecular formula is C80H56CuN16. The molecule has 0 saturated carbocycles. The second-order valence-electron chi connectivity index (χ2n) is 23.6. The van der Waals surface area contributed by atoms with Crippen molar-refractivity contribution in [3.05, 3.63) is 285 Å². The number of nitrogens with zero attached hydrogens (tertiary/aromatic N) is 8. The van der Waals surface area contributed by atoms with Crippen LogP contribution in [0.1, 0.15) is 91.1 Å². The van der Waals surface area contributed by atoms with Crippen molar-refractivity contribution < 1.29 is 17.1 Å². The Balaban J connectivity index is 0.000000101. The fourth-order valence-electron chi connectivity index (χ4n) is 11.8. The number of fused-ring (bicyclic) bond motifs is 32. The third-order valence-corrected chi connectivity index (χ3v) is 16.2. The van der Waals surface area contributed by atoms with Crippen molar-refractivity contribution in [3.63, 3.8) is 0 Å². The molecule has 8 aliphatic rings. The standard InChI is InChI=1S/4C20H14N4.Cu/c4*1-2-14-10-16-5-6-18(23-16)12-20-8-7-19(24-20)11-17-4-3-15(22-17)9-13(1)21-14;/h4*1-12,21-22H;. The molecule has 32 bridgehead atoms. The fraction of sp³-hybridized carbons (Fsp3) is 0. The summed E-state index contributed by atoms with van der Waals surface area (Å²) in [6.07, 6.45) is 32.2. The second kappa shape index (κ2) is 25.8. The molecule has 12 aromatic heterocycles. The Labute approximate surface area is 564 Å². The average Bonchev–Trinajstić information content (AvgIpc) is 1.76. The third-order valence-electron chi connectivity index (χ3n) is 16.2. The Kier molecular flexibility index (Phi) is 15.7. The van der Waals surface area contributed by atoms with Gasteiger partial charge in [-0.3, -0.25) is 0 Å². The third kappa shape index (κ3) is 14.3. The summed E-state index contributed by atoms with van der Waals surface area (Å²) in [6.45, 7) is 0. The Morgan fingerprint density at radius 1 is 0.124 bits per heavy atom. The molecule has 20 heterocycles. The monoisotopic (exact) mass is 1300 g/mol. The van der Waals surface area contributed by atoms with E-state index in [1.54, 1.807) is 0 Å². The van der Waals surface area contributed by atoms with Crippen LogP contribution in [0.4, 0.5) is 0 Å². The van der Waals surface area contributed by atoms with Gasteiger partial charge in [0, 0.05) is 105 Å². The Morgan fingerprint density at radius 2 is 0.216 bits per heavy atom. The van der Waals surface area contributed by atoms with Crippen LogP contribution in [0.2, 0.25) is 0 Å². The summed E-state index contributed by atoms with van der Waals surface area (Å²) in [5, 5.41) is 0. The summed E-state index contributed by atoms with van der Waals surface area (Å²) < 4.78 is 0. The molecule has 0 aromatic carbocycles. The molecule has 0 spiro atoms. The van der Waals surface area contributed by atoms with E-state index in [4.69, 9.17) is 0 Å². The maximum absolute atomic E-state index is 4.62. The van der Waals surface area contributed by atoms with Gasteiger partial charge >= 0.3 is 0 Å². The normalized spacial score (nSPS) is 12.5. The molecule has 0 amide bonds. The van der Waals surface area contributed by atoms with Crippen LogP contribution in [-0.2, 0) is 17.1 Å². The molecule has 467 valence electrons. The minimum atomic E-state index is 0. The molecule has 12 aromatic rings. The number of nitrogens with one attached hydrogen (secondary N) is 8. The van der Waals surface area contributed by atoms with Gasteiger partial charge in [0.15, 0.2) is 0 Å². The van der Waals surface area contributed by atoms with Gasteiger partial charge in [0.1, 0.15) is 0 Å². The predicted molar refractivity (Wildman–Crippen MR) is 395 cm³/mol. The number of H-pyrrole nitrogens is 8. The van der Waals surface area contributed by atoms with Gasteiger partial charge in [-0.1, -0.05) is 0 Å². The smallest absolute Gasteiger partial charge is 0.0659 e. The largest absolute Gasteiger partial charge is 0.355 e. The van der Waals surface area contributed by atoms with Crippen molar-refractivity contribution in [1.29, 1.82) is 0 Å². The van der Waals surface area contributed by atoms with Crippen LogP contribution >= 0.6 is 0 Å². The SMILES string of the molecule is C1=Cc2cc3ccc(cc4ccc(cc5nc(cc1n2)C=C5)[nH]4)[nH]3.C1=Cc2cc3ccc(cc4ccc(cc5nc(cc1n2)C=C5)[nH]4)[nH]3.C1=Cc2cc3ccc(cc4ccc(cc5nc(cc1n2)C=C5)[nH]4)[nH]3.C1=Cc2cc3ccc(cc4ccc(cc5nc(cc1n2)C=C5)[nH]4)[nH]3.[Cu]. The van der Waals surface area contributed by atoms with Crippen molar-refractivity contribution in [2.45, 2.75) is 0 Å². The maximum atomic E-state index is 4.62. The van der Waals surface area contributed by atoms with Gasteiger partial charge in [0.2, 0.25) is 0 Å². The molecule has 0 atom stereocenters. The molecule has 1 radical (unpaired) electrons. The van der Waals surface area contributed by atoms with Gasteiger partial charge in [-0.05, 0) is 291 Å². The maximum Gasteiger partial charge on any atom is 0.0659 e. The van der Waals surface area contributed by atoms with Crippen LogP contribution in [0, 0.1) is 0 Å². The van der Waals surface area contributed by atoms with Gasteiger partial charge in [0.25, 0.3) is 0 Å². The first-order valence-electron chi connectivity index (χ1n) is 31.4. The average molecular weight is 1300 g/mol. The van der Waals surface area contributed by atoms with Crippen molar-refractivity contribution in [2.75, 3.05) is 0 Å². The summed E-state index contributed by atoms with van der Waals surface area (Å²) in [7, 11) is 0. The summed E-state index contributed by atoms with van der Waals surface area (Å²) in [5.74, 6) is 0. The number of aromatic nitrogens is 16. The van der Waals surface area contributed by atoms with E-state index in [0.717, 1.165) is 179 Å². The second-order valence-corrected chi connectivity index (χ2v) is 23.6. The molecule has 16 nitrogen and oxygen atoms in total. The predicted octanol–water partition coefficient (Wildman–Crippen LogP) is 18.6. The van der Waals surface area contributed by atoms with E-state index in [9.17, 15) is 0 Å². The van der Waals surface area contributed by atoms with Crippen LogP contribution in [0.15, 0.2) is 194 Å². The zero-order valence-electron chi connectivity index (χ0n) is 51.6. The van der Waals surface area contributed by atoms with Crippen LogP contribution in [0.5, 0.6) is 0 Å². The number of aromatic amines is 8. The first-order valence-corrected chi connectivity index (χ1v) is 31.4. The van der Waals surface area contributed by atoms with Crippen molar-refractivity contribution in [1.82, 2.24) is 79.7 Å². The number of hydrogen-bond acceptors (Lipinski definition) is 8. The summed E-state index contributed by atoms with van der Waals surface area (Å²) in [4.78, 5) is 64.1. The molecule has 0 aliphatic carbocycles. The van der Waals surface area contributed by atoms with Crippen LogP contribution in [-0.4, -0.2) is 79.7 Å². The van der Waals surface area contributed by atoms with E-state index >= 15 is 0 Å². The van der Waals surface area contributed by atoms with E-state index in [0.29, 0.717) is 0 Å². The zero-order valence-corrected chi connectivity index (χ0v) is 52.5. The van der Waals surface area contributed by atoms with Crippen molar-refractivity contribution >= 4 is 185 Å². The first-order chi connectivity index (χ1) is 47.2. The van der Waals surface area contributed by atoms with Crippen molar-refractivity contribution in [2.24, 2.45) is 0 Å². The van der Waals surface area contributed by atoms with Gasteiger partial charge in [-0.15, -0.1) is 0 Å². The number of hydrogen-bond donors (Lipinski definition) is 8. The fourth-order valence-corrected chi connectivity index (χ4v) is 11.8. The minimum absolute atomic E-state index is 0. The summed E-state index contributed by atoms with van der Waals surface area (Å²) in [6, 6.07) is 65.6. The van der Waals surface area contributed by atoms with E-state index in [2.05, 4.69) is 201 Å². The van der Waals surface area contributed by atoms with E-state index < -0.39 is 0 Å². The minimum Gasteiger partial charge on any atom is -0.355 e. The molecule has 0 fully saturated rings. The molecule has 8 N–H and O–H groups in total. The Hall–Kier alpha value is -13.1. The van der Waals surface area contributed by atoms with Crippen LogP contribution in [0.3, 0.4) is 0 Å². The van der Waals surface area contributed by atoms with Gasteiger partial charge in [-0.25, -0.2) is 39.9 Å². The molecule has 20 rings (SSSR count). The molecule has 17 heteroatoms. The molecule has 0 saturated heterocycles. The van der Waals surface area contributed by atoms with Gasteiger partial charge < -0.3 is 39.9 Å². The first kappa shape index (κ1) is 59.0. The number of rotatable bonds is 0. The summed E-state index contributed by atoms with van der Waals surface area (Å²) >= 11 is 0. The van der Waals surface area contributed by atoms with Gasteiger partial charge in [0.05, 0.1) is 91.1 Å². The van der Waals surface area contributed by atoms with E-state index in [-0.39, 0.29) is 17.1 Å². The van der Waals surface area contributed by atoms with E-state index in [1.165, 1.54) is 0 Å². The molecule has 0 unspecified atom stereocenters. The van der Waals surface area contributed by atoms with E-state index in [1.807, 2.05) is 170 Å². The summed E-state index contributed by atoms with van der Waals surface area (Å²) in [5.41, 5.74) is 31.4. The topological polar surface area (TPSA) is 229 Å². The van der Waals surface area contributed by atoms with Crippen molar-refractivity contribution in [3.8, 4) is 0 Å². The van der Waals surface area contributed by atoms with Crippen LogP contribution in [0.25, 0.3) is 185 Å². The van der Waals surface area contributed by atoms with Crippen LogP contribution < -0.4 is 0 Å². The molecular weight excluding hydrogens is 1250 g/mol. The van der Waals surface area contributed by atoms with Gasteiger partial charge in [-0.2, -0.15) is 0 Å². The Bertz CT molecular complexity index is 5030. The molecule has 8 aliphatic heterocycles. The quantitative estimate of drug-likeness (QED) is 0.0679. The zero-order chi connectivity index (χ0) is 63.7. The Morgan fingerprint density at radius 3 is 0.330 bits per heavy atom. The molecule has 97 heavy (non-hydrogen) atoms.